The molecule has 0 fully saturated rings. The highest BCUT2D eigenvalue weighted by Crippen LogP contribution is 2.34. The Morgan fingerprint density at radius 3 is 2.72 bits per heavy atom. The molecular weight excluding hydrogens is 318 g/mol. The van der Waals surface area contributed by atoms with E-state index in [4.69, 9.17) is 10.5 Å². The van der Waals surface area contributed by atoms with Crippen LogP contribution in [0, 0.1) is 5.92 Å². The van der Waals surface area contributed by atoms with Gasteiger partial charge in [0.05, 0.1) is 12.2 Å². The maximum absolute atomic E-state index is 12.0. The summed E-state index contributed by atoms with van der Waals surface area (Å²) in [6.45, 7) is 6.83. The van der Waals surface area contributed by atoms with Crippen molar-refractivity contribution in [1.29, 1.82) is 0 Å². The van der Waals surface area contributed by atoms with Gasteiger partial charge in [-0.15, -0.1) is 0 Å². The van der Waals surface area contributed by atoms with E-state index >= 15 is 0 Å². The number of carbonyl (C=O) groups excluding carboxylic acids is 1. The lowest BCUT2D eigenvalue weighted by Crippen LogP contribution is -2.31. The highest BCUT2D eigenvalue weighted by Gasteiger charge is 2.32. The van der Waals surface area contributed by atoms with Crippen molar-refractivity contribution in [3.8, 4) is 5.75 Å². The van der Waals surface area contributed by atoms with Gasteiger partial charge in [0.1, 0.15) is 18.1 Å². The predicted molar refractivity (Wildman–Crippen MR) is 95.1 cm³/mol. The second-order valence-electron chi connectivity index (χ2n) is 6.56. The van der Waals surface area contributed by atoms with Crippen LogP contribution in [0.2, 0.25) is 0 Å². The normalized spacial score (nSPS) is 16.6. The van der Waals surface area contributed by atoms with Crippen LogP contribution in [0.3, 0.4) is 0 Å². The third-order valence-electron chi connectivity index (χ3n) is 4.22. The second kappa shape index (κ2) is 6.96. The van der Waals surface area contributed by atoms with Crippen molar-refractivity contribution in [3.63, 3.8) is 0 Å². The fourth-order valence-corrected chi connectivity index (χ4v) is 2.88. The summed E-state index contributed by atoms with van der Waals surface area (Å²) in [6, 6.07) is 7.27. The molecule has 1 aliphatic heterocycles. The number of fused-ring (bicyclic) bond motifs is 1. The number of nitrogens with one attached hydrogen (secondary N) is 1. The number of aromatic nitrogens is 3. The summed E-state index contributed by atoms with van der Waals surface area (Å²) in [5.41, 5.74) is 7.68. The van der Waals surface area contributed by atoms with Gasteiger partial charge in [0.15, 0.2) is 0 Å². The number of allylic oxidation sites excluding steroid dienone is 1. The number of ether oxygens (including phenoxy) is 1. The molecule has 0 bridgehead atoms. The summed E-state index contributed by atoms with van der Waals surface area (Å²) in [7, 11) is 0. The summed E-state index contributed by atoms with van der Waals surface area (Å²) in [6.07, 6.45) is 2.46. The van der Waals surface area contributed by atoms with E-state index in [1.165, 1.54) is 6.33 Å². The molecule has 0 radical (unpaired) electrons. The largest absolute Gasteiger partial charge is 0.494 e. The molecule has 7 heteroatoms. The lowest BCUT2D eigenvalue weighted by Gasteiger charge is -2.27. The van der Waals surface area contributed by atoms with Gasteiger partial charge in [0.25, 0.3) is 0 Å². The molecule has 1 unspecified atom stereocenters. The Morgan fingerprint density at radius 2 is 2.08 bits per heavy atom. The van der Waals surface area contributed by atoms with E-state index in [0.717, 1.165) is 17.7 Å². The van der Waals surface area contributed by atoms with Crippen LogP contribution < -0.4 is 15.8 Å². The summed E-state index contributed by atoms with van der Waals surface area (Å²) in [5.74, 6) is 1.52. The summed E-state index contributed by atoms with van der Waals surface area (Å²) >= 11 is 0. The zero-order chi connectivity index (χ0) is 18.0. The molecule has 132 valence electrons. The maximum Gasteiger partial charge on any atom is 0.248 e. The first-order valence-corrected chi connectivity index (χ1v) is 8.37. The molecule has 0 spiro atoms. The number of amides is 1. The number of hydrogen-bond acceptors (Lipinski definition) is 5. The number of primary amides is 1. The van der Waals surface area contributed by atoms with Gasteiger partial charge in [-0.2, -0.15) is 10.1 Å². The van der Waals surface area contributed by atoms with E-state index < -0.39 is 11.9 Å². The molecule has 3 N–H and O–H groups in total. The van der Waals surface area contributed by atoms with E-state index in [1.807, 2.05) is 31.2 Å². The molecule has 7 nitrogen and oxygen atoms in total. The zero-order valence-electron chi connectivity index (χ0n) is 14.7. The SMILES string of the molecule is CC1=C(C(N)=O)C(c2ccc(OCCC(C)C)cc2)n2ncnc2N1. The van der Waals surface area contributed by atoms with E-state index in [-0.39, 0.29) is 0 Å². The molecule has 0 aliphatic carbocycles. The number of rotatable bonds is 6. The van der Waals surface area contributed by atoms with Gasteiger partial charge in [-0.05, 0) is 37.0 Å². The monoisotopic (exact) mass is 341 g/mol. The first-order valence-electron chi connectivity index (χ1n) is 8.37. The van der Waals surface area contributed by atoms with Gasteiger partial charge in [-0.1, -0.05) is 26.0 Å². The molecule has 25 heavy (non-hydrogen) atoms. The molecule has 1 atom stereocenters. The smallest absolute Gasteiger partial charge is 0.248 e. The lowest BCUT2D eigenvalue weighted by atomic mass is 9.95. The van der Waals surface area contributed by atoms with Crippen molar-refractivity contribution in [2.75, 3.05) is 11.9 Å². The highest BCUT2D eigenvalue weighted by molar-refractivity contribution is 5.95. The van der Waals surface area contributed by atoms with Crippen LogP contribution >= 0.6 is 0 Å². The van der Waals surface area contributed by atoms with E-state index in [2.05, 4.69) is 29.2 Å². The first-order chi connectivity index (χ1) is 12.0. The van der Waals surface area contributed by atoms with Crippen LogP contribution in [-0.2, 0) is 4.79 Å². The van der Waals surface area contributed by atoms with Gasteiger partial charge in [0, 0.05) is 5.70 Å². The minimum atomic E-state index is -0.478. The van der Waals surface area contributed by atoms with Crippen LogP contribution in [0.15, 0.2) is 41.9 Å². The van der Waals surface area contributed by atoms with E-state index in [0.29, 0.717) is 29.7 Å². The molecule has 1 amide bonds. The molecule has 2 aromatic rings. The minimum Gasteiger partial charge on any atom is -0.494 e. The van der Waals surface area contributed by atoms with Crippen LogP contribution in [0.5, 0.6) is 5.75 Å². The van der Waals surface area contributed by atoms with Crippen molar-refractivity contribution in [3.05, 3.63) is 47.4 Å². The molecule has 1 aromatic carbocycles. The van der Waals surface area contributed by atoms with Gasteiger partial charge >= 0.3 is 0 Å². The van der Waals surface area contributed by atoms with Crippen molar-refractivity contribution in [2.45, 2.75) is 33.2 Å². The topological polar surface area (TPSA) is 95.1 Å². The summed E-state index contributed by atoms with van der Waals surface area (Å²) in [4.78, 5) is 16.2. The van der Waals surface area contributed by atoms with Crippen LogP contribution in [0.25, 0.3) is 0 Å². The number of hydrogen-bond donors (Lipinski definition) is 2. The van der Waals surface area contributed by atoms with Crippen LogP contribution in [0.4, 0.5) is 5.95 Å². The Kier molecular flexibility index (Phi) is 4.74. The Bertz CT molecular complexity index is 792. The summed E-state index contributed by atoms with van der Waals surface area (Å²) < 4.78 is 7.43. The van der Waals surface area contributed by atoms with Gasteiger partial charge in [-0.3, -0.25) is 4.79 Å². The van der Waals surface area contributed by atoms with Gasteiger partial charge < -0.3 is 15.8 Å². The average Bonchev–Trinajstić information content (AvgIpc) is 3.01. The third-order valence-corrected chi connectivity index (χ3v) is 4.22. The maximum atomic E-state index is 12.0. The van der Waals surface area contributed by atoms with Gasteiger partial charge in [0.2, 0.25) is 11.9 Å². The highest BCUT2D eigenvalue weighted by atomic mass is 16.5. The number of nitrogens with two attached hydrogens (primary N) is 1. The molecule has 0 saturated carbocycles. The number of benzene rings is 1. The van der Waals surface area contributed by atoms with E-state index in [1.54, 1.807) is 4.68 Å². The fourth-order valence-electron chi connectivity index (χ4n) is 2.88. The summed E-state index contributed by atoms with van der Waals surface area (Å²) in [5, 5.41) is 7.31. The minimum absolute atomic E-state index is 0.402. The molecular formula is C18H23N5O2. The Morgan fingerprint density at radius 1 is 1.36 bits per heavy atom. The van der Waals surface area contributed by atoms with Crippen molar-refractivity contribution in [2.24, 2.45) is 11.7 Å². The van der Waals surface area contributed by atoms with Crippen LogP contribution in [0.1, 0.15) is 38.8 Å². The average molecular weight is 341 g/mol. The van der Waals surface area contributed by atoms with Crippen molar-refractivity contribution in [1.82, 2.24) is 14.8 Å². The Labute approximate surface area is 146 Å². The zero-order valence-corrected chi connectivity index (χ0v) is 14.7. The number of carbonyl (C=O) groups is 1. The van der Waals surface area contributed by atoms with Crippen LogP contribution in [-0.4, -0.2) is 27.3 Å². The molecule has 1 aliphatic rings. The third kappa shape index (κ3) is 3.50. The second-order valence-corrected chi connectivity index (χ2v) is 6.56. The first kappa shape index (κ1) is 17.0. The molecule has 0 saturated heterocycles. The lowest BCUT2D eigenvalue weighted by molar-refractivity contribution is -0.115. The number of anilines is 1. The molecule has 1 aromatic heterocycles. The predicted octanol–water partition coefficient (Wildman–Crippen LogP) is 2.48. The van der Waals surface area contributed by atoms with Gasteiger partial charge in [-0.25, -0.2) is 4.68 Å². The Balaban J connectivity index is 1.88. The van der Waals surface area contributed by atoms with Crippen molar-refractivity contribution >= 4 is 11.9 Å². The van der Waals surface area contributed by atoms with E-state index in [9.17, 15) is 4.79 Å². The standard InChI is InChI=1S/C18H23N5O2/c1-11(2)8-9-25-14-6-4-13(5-7-14)16-15(17(19)24)12(3)22-18-20-10-21-23(16)18/h4-7,10-11,16H,8-9H2,1-3H3,(H2,19,24)(H,20,21,22). The van der Waals surface area contributed by atoms with Crippen molar-refractivity contribution < 1.29 is 9.53 Å². The fraction of sp³-hybridized carbons (Fsp3) is 0.389. The molecule has 3 rings (SSSR count). The quantitative estimate of drug-likeness (QED) is 0.841. The molecule has 2 heterocycles. The number of nitrogens with zero attached hydrogens (tertiary/aromatic N) is 3. The Hall–Kier alpha value is -2.83.